The van der Waals surface area contributed by atoms with Crippen molar-refractivity contribution < 1.29 is 14.7 Å². The number of aliphatic carboxylic acids is 1. The van der Waals surface area contributed by atoms with Gasteiger partial charge in [-0.15, -0.1) is 0 Å². The Labute approximate surface area is 97.6 Å². The molecule has 1 amide bonds. The van der Waals surface area contributed by atoms with Crippen molar-refractivity contribution in [3.05, 3.63) is 0 Å². The molecule has 0 aliphatic carbocycles. The molecule has 0 rings (SSSR count). The van der Waals surface area contributed by atoms with E-state index in [1.165, 1.54) is 4.90 Å². The lowest BCUT2D eigenvalue weighted by Crippen LogP contribution is -2.42. The monoisotopic (exact) mass is 229 g/mol. The molecule has 4 heteroatoms. The van der Waals surface area contributed by atoms with Crippen LogP contribution >= 0.6 is 0 Å². The van der Waals surface area contributed by atoms with Gasteiger partial charge in [0, 0.05) is 12.5 Å². The first kappa shape index (κ1) is 14.9. The van der Waals surface area contributed by atoms with Crippen LogP contribution in [0.2, 0.25) is 0 Å². The van der Waals surface area contributed by atoms with E-state index in [0.717, 1.165) is 0 Å². The Bertz CT molecular complexity index is 249. The molecule has 0 spiro atoms. The van der Waals surface area contributed by atoms with Crippen molar-refractivity contribution in [1.82, 2.24) is 4.90 Å². The molecule has 0 aliphatic heterocycles. The fraction of sp³-hybridized carbons (Fsp3) is 0.833. The molecule has 1 atom stereocenters. The molecule has 16 heavy (non-hydrogen) atoms. The molecule has 1 N–H and O–H groups in total. The number of hydrogen-bond acceptors (Lipinski definition) is 2. The van der Waals surface area contributed by atoms with Crippen LogP contribution in [0.15, 0.2) is 0 Å². The van der Waals surface area contributed by atoms with E-state index in [2.05, 4.69) is 0 Å². The highest BCUT2D eigenvalue weighted by Crippen LogP contribution is 2.14. The van der Waals surface area contributed by atoms with Gasteiger partial charge in [0.25, 0.3) is 0 Å². The number of hydrogen-bond donors (Lipinski definition) is 1. The lowest BCUT2D eigenvalue weighted by molar-refractivity contribution is -0.147. The number of rotatable bonds is 6. The summed E-state index contributed by atoms with van der Waals surface area (Å²) in [7, 11) is 0. The topological polar surface area (TPSA) is 57.6 Å². The second kappa shape index (κ2) is 6.51. The molecule has 0 aromatic heterocycles. The summed E-state index contributed by atoms with van der Waals surface area (Å²) < 4.78 is 0. The number of nitrogens with zero attached hydrogens (tertiary/aromatic N) is 1. The predicted molar refractivity (Wildman–Crippen MR) is 63.1 cm³/mol. The minimum atomic E-state index is -0.954. The average Bonchev–Trinajstić information content (AvgIpc) is 2.12. The maximum absolute atomic E-state index is 12.0. The molecule has 0 heterocycles. The lowest BCUT2D eigenvalue weighted by Gasteiger charge is -2.27. The lowest BCUT2D eigenvalue weighted by atomic mass is 9.96. The van der Waals surface area contributed by atoms with Crippen LogP contribution < -0.4 is 0 Å². The number of carbonyl (C=O) groups is 2. The van der Waals surface area contributed by atoms with E-state index in [1.54, 1.807) is 0 Å². The average molecular weight is 229 g/mol. The predicted octanol–water partition coefficient (Wildman–Crippen LogP) is 1.85. The third-order valence-electron chi connectivity index (χ3n) is 2.61. The van der Waals surface area contributed by atoms with E-state index in [1.807, 2.05) is 34.6 Å². The molecular weight excluding hydrogens is 206 g/mol. The maximum Gasteiger partial charge on any atom is 0.323 e. The van der Waals surface area contributed by atoms with Gasteiger partial charge in [-0.1, -0.05) is 34.6 Å². The maximum atomic E-state index is 12.0. The first-order valence-electron chi connectivity index (χ1n) is 5.76. The summed E-state index contributed by atoms with van der Waals surface area (Å²) in [5.74, 6) is -0.632. The number of carbonyl (C=O) groups excluding carboxylic acids is 1. The molecule has 0 saturated carbocycles. The van der Waals surface area contributed by atoms with E-state index in [0.29, 0.717) is 6.54 Å². The molecule has 0 saturated heterocycles. The minimum Gasteiger partial charge on any atom is -0.480 e. The van der Waals surface area contributed by atoms with Gasteiger partial charge in [0.15, 0.2) is 0 Å². The van der Waals surface area contributed by atoms with Crippen LogP contribution in [-0.4, -0.2) is 35.0 Å². The smallest absolute Gasteiger partial charge is 0.323 e. The van der Waals surface area contributed by atoms with Crippen molar-refractivity contribution in [3.8, 4) is 0 Å². The van der Waals surface area contributed by atoms with E-state index in [4.69, 9.17) is 5.11 Å². The van der Waals surface area contributed by atoms with Crippen LogP contribution in [0, 0.1) is 17.8 Å². The summed E-state index contributed by atoms with van der Waals surface area (Å²) in [4.78, 5) is 24.2. The summed E-state index contributed by atoms with van der Waals surface area (Å²) in [6.07, 6.45) is 0. The van der Waals surface area contributed by atoms with Gasteiger partial charge in [-0.3, -0.25) is 9.59 Å². The van der Waals surface area contributed by atoms with Gasteiger partial charge < -0.3 is 10.0 Å². The van der Waals surface area contributed by atoms with Crippen molar-refractivity contribution in [2.75, 3.05) is 13.1 Å². The number of carboxylic acids is 1. The van der Waals surface area contributed by atoms with Crippen LogP contribution in [0.5, 0.6) is 0 Å². The molecule has 0 aromatic rings. The molecule has 0 fully saturated rings. The van der Waals surface area contributed by atoms with Gasteiger partial charge in [0.1, 0.15) is 6.54 Å². The molecule has 0 unspecified atom stereocenters. The minimum absolute atomic E-state index is 0.0638. The van der Waals surface area contributed by atoms with Gasteiger partial charge in [-0.2, -0.15) is 0 Å². The van der Waals surface area contributed by atoms with Crippen molar-refractivity contribution in [2.24, 2.45) is 17.8 Å². The fourth-order valence-corrected chi connectivity index (χ4v) is 1.41. The van der Waals surface area contributed by atoms with E-state index in [-0.39, 0.29) is 30.2 Å². The highest BCUT2D eigenvalue weighted by Gasteiger charge is 2.24. The molecule has 0 aliphatic rings. The summed E-state index contributed by atoms with van der Waals surface area (Å²) in [6, 6.07) is 0. The highest BCUT2D eigenvalue weighted by molar-refractivity contribution is 5.83. The zero-order chi connectivity index (χ0) is 12.9. The Morgan fingerprint density at radius 1 is 1.12 bits per heavy atom. The van der Waals surface area contributed by atoms with Gasteiger partial charge in [0.05, 0.1) is 0 Å². The standard InChI is InChI=1S/C12H23NO3/c1-8(2)6-13(7-11(14)15)12(16)10(5)9(3)4/h8-10H,6-7H2,1-5H3,(H,14,15)/t10-/m1/s1. The number of carboxylic acid groups (broad SMARTS) is 1. The van der Waals surface area contributed by atoms with Crippen LogP contribution in [-0.2, 0) is 9.59 Å². The Balaban J connectivity index is 4.61. The quantitative estimate of drug-likeness (QED) is 0.756. The molecule has 0 aromatic carbocycles. The molecule has 0 radical (unpaired) electrons. The number of amides is 1. The van der Waals surface area contributed by atoms with E-state index < -0.39 is 5.97 Å². The van der Waals surface area contributed by atoms with Crippen LogP contribution in [0.3, 0.4) is 0 Å². The Hall–Kier alpha value is -1.06. The van der Waals surface area contributed by atoms with Gasteiger partial charge >= 0.3 is 5.97 Å². The normalized spacial score (nSPS) is 12.9. The molecule has 4 nitrogen and oxygen atoms in total. The van der Waals surface area contributed by atoms with Crippen molar-refractivity contribution in [1.29, 1.82) is 0 Å². The Morgan fingerprint density at radius 2 is 1.62 bits per heavy atom. The van der Waals surface area contributed by atoms with Crippen molar-refractivity contribution in [3.63, 3.8) is 0 Å². The SMILES string of the molecule is CC(C)CN(CC(=O)O)C(=O)[C@H](C)C(C)C. The molecular formula is C12H23NO3. The van der Waals surface area contributed by atoms with Crippen molar-refractivity contribution >= 4 is 11.9 Å². The van der Waals surface area contributed by atoms with Gasteiger partial charge in [-0.05, 0) is 11.8 Å². The Morgan fingerprint density at radius 3 is 1.94 bits per heavy atom. The summed E-state index contributed by atoms with van der Waals surface area (Å²) >= 11 is 0. The molecule has 0 bridgehead atoms. The van der Waals surface area contributed by atoms with Crippen LogP contribution in [0.25, 0.3) is 0 Å². The third kappa shape index (κ3) is 5.14. The van der Waals surface area contributed by atoms with Crippen molar-refractivity contribution in [2.45, 2.75) is 34.6 Å². The van der Waals surface area contributed by atoms with Crippen LogP contribution in [0.4, 0.5) is 0 Å². The molecule has 94 valence electrons. The fourth-order valence-electron chi connectivity index (χ4n) is 1.41. The second-order valence-corrected chi connectivity index (χ2v) is 5.04. The van der Waals surface area contributed by atoms with E-state index in [9.17, 15) is 9.59 Å². The summed E-state index contributed by atoms with van der Waals surface area (Å²) in [5, 5.41) is 8.77. The zero-order valence-electron chi connectivity index (χ0n) is 10.9. The largest absolute Gasteiger partial charge is 0.480 e. The highest BCUT2D eigenvalue weighted by atomic mass is 16.4. The first-order valence-corrected chi connectivity index (χ1v) is 5.76. The summed E-state index contributed by atoms with van der Waals surface area (Å²) in [5.41, 5.74) is 0. The Kier molecular flexibility index (Phi) is 6.08. The first-order chi connectivity index (χ1) is 7.25. The summed E-state index contributed by atoms with van der Waals surface area (Å²) in [6.45, 7) is 10.0. The third-order valence-corrected chi connectivity index (χ3v) is 2.61. The van der Waals surface area contributed by atoms with Gasteiger partial charge in [-0.25, -0.2) is 0 Å². The van der Waals surface area contributed by atoms with Crippen LogP contribution in [0.1, 0.15) is 34.6 Å². The zero-order valence-corrected chi connectivity index (χ0v) is 10.9. The van der Waals surface area contributed by atoms with E-state index >= 15 is 0 Å². The second-order valence-electron chi connectivity index (χ2n) is 5.04. The van der Waals surface area contributed by atoms with Gasteiger partial charge in [0.2, 0.25) is 5.91 Å².